The summed E-state index contributed by atoms with van der Waals surface area (Å²) >= 11 is 0. The zero-order valence-electron chi connectivity index (χ0n) is 12.1. The van der Waals surface area contributed by atoms with Crippen molar-refractivity contribution >= 4 is 5.91 Å². The van der Waals surface area contributed by atoms with Crippen LogP contribution in [0.4, 0.5) is 0 Å². The van der Waals surface area contributed by atoms with Crippen LogP contribution >= 0.6 is 0 Å². The van der Waals surface area contributed by atoms with E-state index in [2.05, 4.69) is 29.1 Å². The highest BCUT2D eigenvalue weighted by Crippen LogP contribution is 2.15. The summed E-state index contributed by atoms with van der Waals surface area (Å²) in [5.41, 5.74) is 2.18. The quantitative estimate of drug-likeness (QED) is 0.928. The Morgan fingerprint density at radius 2 is 1.95 bits per heavy atom. The lowest BCUT2D eigenvalue weighted by Gasteiger charge is -2.09. The van der Waals surface area contributed by atoms with Gasteiger partial charge in [-0.1, -0.05) is 44.2 Å². The van der Waals surface area contributed by atoms with E-state index >= 15 is 0 Å². The molecule has 2 aromatic rings. The maximum Gasteiger partial charge on any atom is 0.254 e. The van der Waals surface area contributed by atoms with Gasteiger partial charge in [-0.3, -0.25) is 4.79 Å². The molecule has 0 atom stereocenters. The number of aryl methyl sites for hydroxylation is 1. The van der Waals surface area contributed by atoms with Crippen molar-refractivity contribution in [3.63, 3.8) is 0 Å². The Bertz CT molecular complexity index is 594. The van der Waals surface area contributed by atoms with Gasteiger partial charge in [-0.15, -0.1) is 0 Å². The molecule has 0 saturated heterocycles. The molecule has 2 rings (SSSR count). The fourth-order valence-electron chi connectivity index (χ4n) is 1.81. The van der Waals surface area contributed by atoms with Gasteiger partial charge in [0.2, 0.25) is 0 Å². The normalized spacial score (nSPS) is 10.6. The molecule has 0 spiro atoms. The molecule has 1 aromatic heterocycles. The van der Waals surface area contributed by atoms with Crippen molar-refractivity contribution in [3.05, 3.63) is 47.8 Å². The minimum absolute atomic E-state index is 0.115. The lowest BCUT2D eigenvalue weighted by atomic mass is 10.1. The van der Waals surface area contributed by atoms with Crippen molar-refractivity contribution in [2.24, 2.45) is 5.92 Å². The highest BCUT2D eigenvalue weighted by Gasteiger charge is 2.12. The Labute approximate surface area is 119 Å². The third kappa shape index (κ3) is 3.41. The van der Waals surface area contributed by atoms with Crippen molar-refractivity contribution in [3.8, 4) is 11.4 Å². The summed E-state index contributed by atoms with van der Waals surface area (Å²) in [6.07, 6.45) is 1.60. The topological polar surface area (TPSA) is 54.9 Å². The maximum absolute atomic E-state index is 12.0. The monoisotopic (exact) mass is 269 g/mol. The van der Waals surface area contributed by atoms with Gasteiger partial charge in [-0.05, 0) is 12.8 Å². The second-order valence-corrected chi connectivity index (χ2v) is 5.16. The third-order valence-electron chi connectivity index (χ3n) is 2.93. The van der Waals surface area contributed by atoms with Gasteiger partial charge in [0.15, 0.2) is 5.82 Å². The first kappa shape index (κ1) is 14.2. The largest absolute Gasteiger partial charge is 0.352 e. The van der Waals surface area contributed by atoms with Crippen LogP contribution in [0.3, 0.4) is 0 Å². The van der Waals surface area contributed by atoms with E-state index < -0.39 is 0 Å². The van der Waals surface area contributed by atoms with Crippen LogP contribution in [0, 0.1) is 12.8 Å². The number of benzene rings is 1. The molecule has 0 bridgehead atoms. The Morgan fingerprint density at radius 1 is 1.25 bits per heavy atom. The van der Waals surface area contributed by atoms with Crippen LogP contribution in [0.25, 0.3) is 11.4 Å². The second kappa shape index (κ2) is 6.28. The lowest BCUT2D eigenvalue weighted by Crippen LogP contribution is -2.28. The molecule has 0 saturated carbocycles. The molecule has 0 radical (unpaired) electrons. The molecule has 1 N–H and O–H groups in total. The average Bonchev–Trinajstić information content (AvgIpc) is 2.45. The minimum Gasteiger partial charge on any atom is -0.352 e. The van der Waals surface area contributed by atoms with Crippen molar-refractivity contribution < 1.29 is 4.79 Å². The van der Waals surface area contributed by atoms with E-state index in [9.17, 15) is 4.79 Å². The number of nitrogens with one attached hydrogen (secondary N) is 1. The molecular weight excluding hydrogens is 250 g/mol. The van der Waals surface area contributed by atoms with Crippen LogP contribution < -0.4 is 5.32 Å². The number of hydrogen-bond donors (Lipinski definition) is 1. The van der Waals surface area contributed by atoms with Gasteiger partial charge in [0.1, 0.15) is 0 Å². The van der Waals surface area contributed by atoms with E-state index in [0.717, 1.165) is 5.56 Å². The first-order chi connectivity index (χ1) is 9.58. The number of hydrogen-bond acceptors (Lipinski definition) is 3. The summed E-state index contributed by atoms with van der Waals surface area (Å²) in [4.78, 5) is 20.7. The average molecular weight is 269 g/mol. The number of rotatable bonds is 4. The van der Waals surface area contributed by atoms with E-state index in [0.29, 0.717) is 29.5 Å². The van der Waals surface area contributed by atoms with Crippen LogP contribution in [0.5, 0.6) is 0 Å². The van der Waals surface area contributed by atoms with E-state index in [1.165, 1.54) is 0 Å². The summed E-state index contributed by atoms with van der Waals surface area (Å²) in [6.45, 7) is 6.60. The Morgan fingerprint density at radius 3 is 2.55 bits per heavy atom. The first-order valence-electron chi connectivity index (χ1n) is 6.75. The summed E-state index contributed by atoms with van der Waals surface area (Å²) in [5, 5.41) is 2.88. The summed E-state index contributed by atoms with van der Waals surface area (Å²) in [5.74, 6) is 0.947. The van der Waals surface area contributed by atoms with Crippen LogP contribution in [0.2, 0.25) is 0 Å². The van der Waals surface area contributed by atoms with E-state index in [1.807, 2.05) is 37.3 Å². The predicted molar refractivity (Wildman–Crippen MR) is 79.4 cm³/mol. The Balaban J connectivity index is 2.20. The summed E-state index contributed by atoms with van der Waals surface area (Å²) < 4.78 is 0. The molecule has 0 aliphatic rings. The molecular formula is C16H19N3O. The van der Waals surface area contributed by atoms with Crippen LogP contribution in [-0.2, 0) is 0 Å². The van der Waals surface area contributed by atoms with Gasteiger partial charge in [-0.25, -0.2) is 9.97 Å². The minimum atomic E-state index is -0.115. The van der Waals surface area contributed by atoms with Crippen molar-refractivity contribution in [2.45, 2.75) is 20.8 Å². The third-order valence-corrected chi connectivity index (χ3v) is 2.93. The van der Waals surface area contributed by atoms with E-state index in [-0.39, 0.29) is 5.91 Å². The number of amides is 1. The standard InChI is InChI=1S/C16H19N3O/c1-11(2)9-18-16(20)14-10-17-15(19-12(14)3)13-7-5-4-6-8-13/h4-8,10-11H,9H2,1-3H3,(H,18,20). The fraction of sp³-hybridized carbons (Fsp3) is 0.312. The molecule has 1 amide bonds. The zero-order chi connectivity index (χ0) is 14.5. The van der Waals surface area contributed by atoms with Crippen molar-refractivity contribution in [2.75, 3.05) is 6.54 Å². The van der Waals surface area contributed by atoms with Gasteiger partial charge in [-0.2, -0.15) is 0 Å². The SMILES string of the molecule is Cc1nc(-c2ccccc2)ncc1C(=O)NCC(C)C. The Kier molecular flexibility index (Phi) is 4.45. The molecule has 4 nitrogen and oxygen atoms in total. The smallest absolute Gasteiger partial charge is 0.254 e. The molecule has 104 valence electrons. The van der Waals surface area contributed by atoms with Gasteiger partial charge in [0.05, 0.1) is 11.3 Å². The van der Waals surface area contributed by atoms with E-state index in [4.69, 9.17) is 0 Å². The molecule has 1 heterocycles. The molecule has 0 unspecified atom stereocenters. The van der Waals surface area contributed by atoms with Gasteiger partial charge < -0.3 is 5.32 Å². The van der Waals surface area contributed by atoms with Gasteiger partial charge >= 0.3 is 0 Å². The molecule has 4 heteroatoms. The van der Waals surface area contributed by atoms with Crippen LogP contribution in [-0.4, -0.2) is 22.4 Å². The zero-order valence-corrected chi connectivity index (χ0v) is 12.1. The van der Waals surface area contributed by atoms with Crippen molar-refractivity contribution in [1.29, 1.82) is 0 Å². The highest BCUT2D eigenvalue weighted by atomic mass is 16.1. The lowest BCUT2D eigenvalue weighted by molar-refractivity contribution is 0.0947. The number of aromatic nitrogens is 2. The summed E-state index contributed by atoms with van der Waals surface area (Å²) in [7, 11) is 0. The predicted octanol–water partition coefficient (Wildman–Crippen LogP) is 2.84. The molecule has 1 aromatic carbocycles. The van der Waals surface area contributed by atoms with Crippen LogP contribution in [0.15, 0.2) is 36.5 Å². The van der Waals surface area contributed by atoms with Crippen LogP contribution in [0.1, 0.15) is 29.9 Å². The Hall–Kier alpha value is -2.23. The number of carbonyl (C=O) groups is 1. The molecule has 20 heavy (non-hydrogen) atoms. The summed E-state index contributed by atoms with van der Waals surface area (Å²) in [6, 6.07) is 9.74. The molecule has 0 aliphatic heterocycles. The second-order valence-electron chi connectivity index (χ2n) is 5.16. The van der Waals surface area contributed by atoms with Crippen molar-refractivity contribution in [1.82, 2.24) is 15.3 Å². The highest BCUT2D eigenvalue weighted by molar-refractivity contribution is 5.95. The number of carbonyl (C=O) groups excluding carboxylic acids is 1. The fourth-order valence-corrected chi connectivity index (χ4v) is 1.81. The first-order valence-corrected chi connectivity index (χ1v) is 6.75. The maximum atomic E-state index is 12.0. The van der Waals surface area contributed by atoms with Gasteiger partial charge in [0, 0.05) is 18.3 Å². The molecule has 0 aliphatic carbocycles. The van der Waals surface area contributed by atoms with Gasteiger partial charge in [0.25, 0.3) is 5.91 Å². The number of nitrogens with zero attached hydrogens (tertiary/aromatic N) is 2. The van der Waals surface area contributed by atoms with E-state index in [1.54, 1.807) is 6.20 Å². The molecule has 0 fully saturated rings.